The van der Waals surface area contributed by atoms with Gasteiger partial charge in [-0.05, 0) is 51.0 Å². The summed E-state index contributed by atoms with van der Waals surface area (Å²) in [5.41, 5.74) is 2.43. The number of halogens is 1. The lowest BCUT2D eigenvalue weighted by molar-refractivity contribution is 0.586. The molecule has 0 aliphatic rings. The van der Waals surface area contributed by atoms with Crippen molar-refractivity contribution in [3.63, 3.8) is 0 Å². The number of benzene rings is 1. The van der Waals surface area contributed by atoms with E-state index in [0.717, 1.165) is 4.47 Å². The Balaban J connectivity index is 2.93. The third kappa shape index (κ3) is 3.62. The smallest absolute Gasteiger partial charge is 0.0524 e. The van der Waals surface area contributed by atoms with Crippen molar-refractivity contribution in [2.75, 3.05) is 0 Å². The van der Waals surface area contributed by atoms with Gasteiger partial charge in [-0.2, -0.15) is 0 Å². The molecular weight excluding hydrogens is 238 g/mol. The van der Waals surface area contributed by atoms with Crippen LogP contribution in [-0.2, 0) is 0 Å². The zero-order valence-corrected chi connectivity index (χ0v) is 10.7. The van der Waals surface area contributed by atoms with Crippen LogP contribution in [0.25, 0.3) is 0 Å². The molecule has 0 fully saturated rings. The molecule has 0 aliphatic heterocycles. The summed E-state index contributed by atoms with van der Waals surface area (Å²) in [5.74, 6) is 0. The molecular formula is C12H16BrN. The second-order valence-electron chi connectivity index (χ2n) is 4.43. The molecule has 2 heteroatoms. The van der Waals surface area contributed by atoms with Gasteiger partial charge in [0.1, 0.15) is 0 Å². The molecule has 0 saturated heterocycles. The highest BCUT2D eigenvalue weighted by atomic mass is 79.9. The quantitative estimate of drug-likeness (QED) is 0.672. The lowest BCUT2D eigenvalue weighted by atomic mass is 10.1. The molecule has 76 valence electrons. The van der Waals surface area contributed by atoms with Crippen LogP contribution in [0.2, 0.25) is 0 Å². The molecule has 1 aromatic rings. The summed E-state index contributed by atoms with van der Waals surface area (Å²) in [4.78, 5) is 4.48. The Bertz CT molecular complexity index is 348. The fourth-order valence-electron chi connectivity index (χ4n) is 1.05. The highest BCUT2D eigenvalue weighted by Gasteiger charge is 2.05. The summed E-state index contributed by atoms with van der Waals surface area (Å²) in [6.07, 6.45) is 1.95. The molecule has 0 radical (unpaired) electrons. The largest absolute Gasteiger partial charge is 0.287 e. The second-order valence-corrected chi connectivity index (χ2v) is 5.35. The maximum atomic E-state index is 4.48. The van der Waals surface area contributed by atoms with E-state index in [1.807, 2.05) is 12.3 Å². The van der Waals surface area contributed by atoms with Crippen LogP contribution in [0.5, 0.6) is 0 Å². The summed E-state index contributed by atoms with van der Waals surface area (Å²) in [6.45, 7) is 8.38. The van der Waals surface area contributed by atoms with Crippen molar-refractivity contribution in [1.29, 1.82) is 0 Å². The fourth-order valence-corrected chi connectivity index (χ4v) is 1.52. The minimum atomic E-state index is -0.000483. The molecule has 0 unspecified atom stereocenters. The van der Waals surface area contributed by atoms with Crippen LogP contribution in [0, 0.1) is 6.92 Å². The molecule has 0 N–H and O–H groups in total. The van der Waals surface area contributed by atoms with Gasteiger partial charge in [-0.1, -0.05) is 22.0 Å². The van der Waals surface area contributed by atoms with Gasteiger partial charge in [0.25, 0.3) is 0 Å². The van der Waals surface area contributed by atoms with Gasteiger partial charge in [0, 0.05) is 10.7 Å². The lowest BCUT2D eigenvalue weighted by Crippen LogP contribution is -2.09. The molecule has 0 atom stereocenters. The summed E-state index contributed by atoms with van der Waals surface area (Å²) in [5, 5.41) is 0. The molecule has 1 rings (SSSR count). The lowest BCUT2D eigenvalue weighted by Gasteiger charge is -2.11. The average molecular weight is 254 g/mol. The van der Waals surface area contributed by atoms with Gasteiger partial charge in [0.2, 0.25) is 0 Å². The van der Waals surface area contributed by atoms with Gasteiger partial charge < -0.3 is 0 Å². The number of hydrogen-bond donors (Lipinski definition) is 0. The fraction of sp³-hybridized carbons (Fsp3) is 0.417. The van der Waals surface area contributed by atoms with Gasteiger partial charge >= 0.3 is 0 Å². The maximum Gasteiger partial charge on any atom is 0.0524 e. The monoisotopic (exact) mass is 253 g/mol. The first-order valence-electron chi connectivity index (χ1n) is 4.70. The van der Waals surface area contributed by atoms with Crippen molar-refractivity contribution in [2.45, 2.75) is 33.2 Å². The standard InChI is InChI=1S/C12H16BrN/c1-9-7-11(13)6-5-10(9)8-14-12(2,3)4/h5-8H,1-4H3. The molecule has 0 saturated carbocycles. The van der Waals surface area contributed by atoms with E-state index in [9.17, 15) is 0 Å². The number of aryl methyl sites for hydroxylation is 1. The van der Waals surface area contributed by atoms with Crippen LogP contribution in [0.15, 0.2) is 27.7 Å². The van der Waals surface area contributed by atoms with E-state index in [4.69, 9.17) is 0 Å². The minimum absolute atomic E-state index is 0.000483. The highest BCUT2D eigenvalue weighted by molar-refractivity contribution is 9.10. The average Bonchev–Trinajstić information content (AvgIpc) is 2.00. The molecule has 0 spiro atoms. The Morgan fingerprint density at radius 2 is 1.93 bits per heavy atom. The Kier molecular flexibility index (Phi) is 3.48. The molecule has 0 aromatic heterocycles. The zero-order chi connectivity index (χ0) is 10.8. The third-order valence-corrected chi connectivity index (χ3v) is 2.32. The SMILES string of the molecule is Cc1cc(Br)ccc1C=NC(C)(C)C. The normalized spacial score (nSPS) is 12.4. The highest BCUT2D eigenvalue weighted by Crippen LogP contribution is 2.15. The molecule has 14 heavy (non-hydrogen) atoms. The number of hydrogen-bond acceptors (Lipinski definition) is 1. The summed E-state index contributed by atoms with van der Waals surface area (Å²) in [7, 11) is 0. The van der Waals surface area contributed by atoms with Gasteiger partial charge in [-0.15, -0.1) is 0 Å². The van der Waals surface area contributed by atoms with E-state index in [0.29, 0.717) is 0 Å². The first-order valence-corrected chi connectivity index (χ1v) is 5.49. The number of nitrogens with zero attached hydrogens (tertiary/aromatic N) is 1. The molecule has 1 aromatic carbocycles. The van der Waals surface area contributed by atoms with Gasteiger partial charge in [-0.25, -0.2) is 0 Å². The topological polar surface area (TPSA) is 12.4 Å². The first-order chi connectivity index (χ1) is 6.38. The predicted octanol–water partition coefficient (Wildman–Crippen LogP) is 3.97. The van der Waals surface area contributed by atoms with E-state index in [1.54, 1.807) is 0 Å². The van der Waals surface area contributed by atoms with E-state index < -0.39 is 0 Å². The van der Waals surface area contributed by atoms with Crippen molar-refractivity contribution >= 4 is 22.1 Å². The van der Waals surface area contributed by atoms with Crippen molar-refractivity contribution in [3.05, 3.63) is 33.8 Å². The number of rotatable bonds is 1. The van der Waals surface area contributed by atoms with E-state index in [2.05, 4.69) is 60.8 Å². The van der Waals surface area contributed by atoms with Crippen LogP contribution < -0.4 is 0 Å². The van der Waals surface area contributed by atoms with E-state index in [1.165, 1.54) is 11.1 Å². The second kappa shape index (κ2) is 4.26. The molecule has 0 heterocycles. The first kappa shape index (κ1) is 11.4. The van der Waals surface area contributed by atoms with Gasteiger partial charge in [0.15, 0.2) is 0 Å². The Hall–Kier alpha value is -0.630. The Morgan fingerprint density at radius 1 is 1.29 bits per heavy atom. The van der Waals surface area contributed by atoms with Crippen LogP contribution >= 0.6 is 15.9 Å². The number of aliphatic imine (C=N–C) groups is 1. The zero-order valence-electron chi connectivity index (χ0n) is 9.13. The van der Waals surface area contributed by atoms with Crippen LogP contribution in [-0.4, -0.2) is 11.8 Å². The van der Waals surface area contributed by atoms with Crippen molar-refractivity contribution in [2.24, 2.45) is 4.99 Å². The summed E-state index contributed by atoms with van der Waals surface area (Å²) < 4.78 is 1.11. The summed E-state index contributed by atoms with van der Waals surface area (Å²) >= 11 is 3.44. The van der Waals surface area contributed by atoms with Gasteiger partial charge in [0.05, 0.1) is 5.54 Å². The summed E-state index contributed by atoms with van der Waals surface area (Å²) in [6, 6.07) is 6.22. The van der Waals surface area contributed by atoms with Crippen molar-refractivity contribution < 1.29 is 0 Å². The van der Waals surface area contributed by atoms with Gasteiger partial charge in [-0.3, -0.25) is 4.99 Å². The van der Waals surface area contributed by atoms with E-state index >= 15 is 0 Å². The van der Waals surface area contributed by atoms with Crippen LogP contribution in [0.4, 0.5) is 0 Å². The van der Waals surface area contributed by atoms with E-state index in [-0.39, 0.29) is 5.54 Å². The van der Waals surface area contributed by atoms with Crippen LogP contribution in [0.1, 0.15) is 31.9 Å². The van der Waals surface area contributed by atoms with Crippen molar-refractivity contribution in [3.8, 4) is 0 Å². The molecule has 0 amide bonds. The maximum absolute atomic E-state index is 4.48. The predicted molar refractivity (Wildman–Crippen MR) is 66.2 cm³/mol. The third-order valence-electron chi connectivity index (χ3n) is 1.82. The molecule has 1 nitrogen and oxygen atoms in total. The Morgan fingerprint density at radius 3 is 2.43 bits per heavy atom. The minimum Gasteiger partial charge on any atom is -0.287 e. The van der Waals surface area contributed by atoms with Crippen LogP contribution in [0.3, 0.4) is 0 Å². The Labute approximate surface area is 94.4 Å². The van der Waals surface area contributed by atoms with Crippen molar-refractivity contribution in [1.82, 2.24) is 0 Å². The molecule has 0 aliphatic carbocycles. The molecule has 0 bridgehead atoms.